The second-order valence-corrected chi connectivity index (χ2v) is 7.31. The van der Waals surface area contributed by atoms with Crippen molar-refractivity contribution in [3.05, 3.63) is 47.3 Å². The maximum Gasteiger partial charge on any atom is 0.410 e. The van der Waals surface area contributed by atoms with Crippen molar-refractivity contribution in [1.82, 2.24) is 14.7 Å². The molecule has 0 N–H and O–H groups in total. The molecule has 0 radical (unpaired) electrons. The Balaban J connectivity index is 2.24. The number of nitrogens with zero attached hydrogens (tertiary/aromatic N) is 3. The number of aryl methyl sites for hydroxylation is 1. The van der Waals surface area contributed by atoms with E-state index in [1.807, 2.05) is 52.0 Å². The average Bonchev–Trinajstić information content (AvgIpc) is 2.96. The molecule has 1 heterocycles. The van der Waals surface area contributed by atoms with Crippen LogP contribution < -0.4 is 0 Å². The van der Waals surface area contributed by atoms with Crippen LogP contribution in [0.25, 0.3) is 5.69 Å². The number of amides is 1. The number of rotatable bonds is 5. The van der Waals surface area contributed by atoms with E-state index in [-0.39, 0.29) is 0 Å². The van der Waals surface area contributed by atoms with Gasteiger partial charge in [0.05, 0.1) is 18.0 Å². The first-order valence-electron chi connectivity index (χ1n) is 8.88. The molecule has 7 nitrogen and oxygen atoms in total. The van der Waals surface area contributed by atoms with E-state index >= 15 is 0 Å². The molecule has 1 aromatic heterocycles. The second-order valence-electron chi connectivity index (χ2n) is 7.31. The van der Waals surface area contributed by atoms with Crippen LogP contribution in [0.15, 0.2) is 30.3 Å². The van der Waals surface area contributed by atoms with E-state index in [0.717, 1.165) is 11.3 Å². The molecule has 27 heavy (non-hydrogen) atoms. The predicted octanol–water partition coefficient (Wildman–Crippen LogP) is 3.72. The number of aromatic nitrogens is 2. The number of carbonyl (C=O) groups excluding carboxylic acids is 2. The molecule has 0 aliphatic rings. The van der Waals surface area contributed by atoms with Gasteiger partial charge in [-0.25, -0.2) is 14.3 Å². The van der Waals surface area contributed by atoms with E-state index in [1.54, 1.807) is 24.7 Å². The van der Waals surface area contributed by atoms with E-state index < -0.39 is 17.7 Å². The smallest absolute Gasteiger partial charge is 0.410 e. The van der Waals surface area contributed by atoms with Crippen molar-refractivity contribution in [3.63, 3.8) is 0 Å². The lowest BCUT2D eigenvalue weighted by atomic mass is 10.2. The third-order valence-electron chi connectivity index (χ3n) is 3.60. The highest BCUT2D eigenvalue weighted by Gasteiger charge is 2.20. The quantitative estimate of drug-likeness (QED) is 0.747. The van der Waals surface area contributed by atoms with Crippen LogP contribution in [-0.4, -0.2) is 46.0 Å². The Kier molecular flexibility index (Phi) is 6.25. The number of esters is 1. The highest BCUT2D eigenvalue weighted by Crippen LogP contribution is 2.17. The first-order valence-corrected chi connectivity index (χ1v) is 8.88. The van der Waals surface area contributed by atoms with Gasteiger partial charge in [-0.1, -0.05) is 12.1 Å². The first-order chi connectivity index (χ1) is 12.6. The number of hydrogen-bond donors (Lipinski definition) is 0. The Morgan fingerprint density at radius 2 is 1.93 bits per heavy atom. The number of hydrogen-bond acceptors (Lipinski definition) is 5. The molecular formula is C20H27N3O4. The summed E-state index contributed by atoms with van der Waals surface area (Å²) in [6.45, 7) is 9.74. The van der Waals surface area contributed by atoms with E-state index in [1.165, 1.54) is 4.90 Å². The molecular weight excluding hydrogens is 346 g/mol. The molecule has 2 aromatic rings. The fraction of sp³-hybridized carbons (Fsp3) is 0.450. The summed E-state index contributed by atoms with van der Waals surface area (Å²) in [5, 5.41) is 4.40. The minimum Gasteiger partial charge on any atom is -0.461 e. The topological polar surface area (TPSA) is 73.7 Å². The highest BCUT2D eigenvalue weighted by atomic mass is 16.6. The van der Waals surface area contributed by atoms with Gasteiger partial charge >= 0.3 is 12.1 Å². The summed E-state index contributed by atoms with van der Waals surface area (Å²) in [6.07, 6.45) is -0.393. The van der Waals surface area contributed by atoms with Crippen LogP contribution in [0, 0.1) is 6.92 Å². The molecule has 0 spiro atoms. The zero-order chi connectivity index (χ0) is 20.2. The summed E-state index contributed by atoms with van der Waals surface area (Å²) < 4.78 is 12.0. The molecule has 0 bridgehead atoms. The normalized spacial score (nSPS) is 11.2. The summed E-state index contributed by atoms with van der Waals surface area (Å²) in [4.78, 5) is 25.9. The standard InChI is InChI=1S/C20H27N3O4/c1-7-26-18(24)17-11-14(2)21-23(17)16-10-8-9-15(12-16)13-22(6)19(25)27-20(3,4)5/h8-12H,7,13H2,1-6H3. The van der Waals surface area contributed by atoms with Crippen LogP contribution in [0.3, 0.4) is 0 Å². The van der Waals surface area contributed by atoms with Crippen molar-refractivity contribution in [2.45, 2.75) is 46.8 Å². The summed E-state index contributed by atoms with van der Waals surface area (Å²) >= 11 is 0. The van der Waals surface area contributed by atoms with E-state index in [4.69, 9.17) is 9.47 Å². The van der Waals surface area contributed by atoms with E-state index in [2.05, 4.69) is 5.10 Å². The summed E-state index contributed by atoms with van der Waals surface area (Å²) in [7, 11) is 1.68. The summed E-state index contributed by atoms with van der Waals surface area (Å²) in [5.41, 5.74) is 2.15. The number of benzene rings is 1. The van der Waals surface area contributed by atoms with Gasteiger partial charge in [-0.15, -0.1) is 0 Å². The largest absolute Gasteiger partial charge is 0.461 e. The predicted molar refractivity (Wildman–Crippen MR) is 102 cm³/mol. The summed E-state index contributed by atoms with van der Waals surface area (Å²) in [5.74, 6) is -0.422. The highest BCUT2D eigenvalue weighted by molar-refractivity contribution is 5.88. The van der Waals surface area contributed by atoms with Crippen LogP contribution in [0.5, 0.6) is 0 Å². The van der Waals surface area contributed by atoms with Crippen LogP contribution >= 0.6 is 0 Å². The van der Waals surface area contributed by atoms with Crippen molar-refractivity contribution >= 4 is 12.1 Å². The van der Waals surface area contributed by atoms with Gasteiger partial charge in [0, 0.05) is 13.6 Å². The molecule has 0 saturated carbocycles. The van der Waals surface area contributed by atoms with Gasteiger partial charge in [0.15, 0.2) is 5.69 Å². The Hall–Kier alpha value is -2.83. The minimum absolute atomic E-state index is 0.295. The SMILES string of the molecule is CCOC(=O)c1cc(C)nn1-c1cccc(CN(C)C(=O)OC(C)(C)C)c1. The molecule has 2 rings (SSSR count). The maximum absolute atomic E-state index is 12.2. The lowest BCUT2D eigenvalue weighted by Crippen LogP contribution is -2.33. The monoisotopic (exact) mass is 373 g/mol. The van der Waals surface area contributed by atoms with Crippen molar-refractivity contribution in [3.8, 4) is 5.69 Å². The number of carbonyl (C=O) groups is 2. The lowest BCUT2D eigenvalue weighted by molar-refractivity contribution is 0.0285. The molecule has 0 aliphatic carbocycles. The fourth-order valence-corrected chi connectivity index (χ4v) is 2.51. The van der Waals surface area contributed by atoms with Crippen LogP contribution in [0.4, 0.5) is 4.79 Å². The zero-order valence-corrected chi connectivity index (χ0v) is 16.8. The molecule has 0 aliphatic heterocycles. The van der Waals surface area contributed by atoms with Gasteiger partial charge < -0.3 is 14.4 Å². The van der Waals surface area contributed by atoms with E-state index in [9.17, 15) is 9.59 Å². The maximum atomic E-state index is 12.2. The van der Waals surface area contributed by atoms with Crippen LogP contribution in [0.2, 0.25) is 0 Å². The fourth-order valence-electron chi connectivity index (χ4n) is 2.51. The first kappa shape index (κ1) is 20.5. The molecule has 0 unspecified atom stereocenters. The van der Waals surface area contributed by atoms with Crippen LogP contribution in [-0.2, 0) is 16.0 Å². The summed E-state index contributed by atoms with van der Waals surface area (Å²) in [6, 6.07) is 9.20. The molecule has 146 valence electrons. The van der Waals surface area contributed by atoms with Crippen molar-refractivity contribution < 1.29 is 19.1 Å². The van der Waals surface area contributed by atoms with Gasteiger partial charge in [0.1, 0.15) is 5.60 Å². The van der Waals surface area contributed by atoms with Crippen LogP contribution in [0.1, 0.15) is 49.4 Å². The Morgan fingerprint density at radius 1 is 1.22 bits per heavy atom. The molecule has 0 atom stereocenters. The third-order valence-corrected chi connectivity index (χ3v) is 3.60. The van der Waals surface area contributed by atoms with Gasteiger partial charge in [-0.05, 0) is 58.4 Å². The second kappa shape index (κ2) is 8.24. The molecule has 0 saturated heterocycles. The van der Waals surface area contributed by atoms with Gasteiger partial charge in [0.2, 0.25) is 0 Å². The molecule has 0 fully saturated rings. The Bertz CT molecular complexity index is 821. The van der Waals surface area contributed by atoms with Crippen molar-refractivity contribution in [1.29, 1.82) is 0 Å². The molecule has 1 amide bonds. The third kappa shape index (κ3) is 5.57. The average molecular weight is 373 g/mol. The van der Waals surface area contributed by atoms with Gasteiger partial charge in [-0.2, -0.15) is 5.10 Å². The van der Waals surface area contributed by atoms with E-state index in [0.29, 0.717) is 24.5 Å². The molecule has 1 aromatic carbocycles. The zero-order valence-electron chi connectivity index (χ0n) is 16.8. The van der Waals surface area contributed by atoms with Gasteiger partial charge in [-0.3, -0.25) is 0 Å². The Morgan fingerprint density at radius 3 is 2.56 bits per heavy atom. The van der Waals surface area contributed by atoms with Gasteiger partial charge in [0.25, 0.3) is 0 Å². The van der Waals surface area contributed by atoms with Crippen molar-refractivity contribution in [2.75, 3.05) is 13.7 Å². The van der Waals surface area contributed by atoms with Crippen molar-refractivity contribution in [2.24, 2.45) is 0 Å². The Labute approximate surface area is 159 Å². The molecule has 7 heteroatoms. The minimum atomic E-state index is -0.547. The number of ether oxygens (including phenoxy) is 2. The lowest BCUT2D eigenvalue weighted by Gasteiger charge is -2.24.